The van der Waals surface area contributed by atoms with Crippen LogP contribution in [-0.4, -0.2) is 22.7 Å². The van der Waals surface area contributed by atoms with Crippen LogP contribution >= 0.6 is 0 Å². The summed E-state index contributed by atoms with van der Waals surface area (Å²) in [6.45, 7) is 0.194. The van der Waals surface area contributed by atoms with Gasteiger partial charge in [-0.2, -0.15) is 0 Å². The molecule has 1 aliphatic heterocycles. The van der Waals surface area contributed by atoms with E-state index < -0.39 is 5.97 Å². The molecule has 2 aromatic rings. The summed E-state index contributed by atoms with van der Waals surface area (Å²) < 4.78 is 10.8. The SMILES string of the molecule is NCc1c(O)ccc2c(-c3cc(OC=O)ccc3C(=O)O)c3ccc(=O)cc-3oc12. The molecule has 1 aliphatic carbocycles. The summed E-state index contributed by atoms with van der Waals surface area (Å²) >= 11 is 0. The topological polar surface area (TPSA) is 140 Å². The Morgan fingerprint density at radius 2 is 1.90 bits per heavy atom. The molecule has 0 fully saturated rings. The van der Waals surface area contributed by atoms with Gasteiger partial charge in [0, 0.05) is 34.7 Å². The molecule has 0 aromatic heterocycles. The Balaban J connectivity index is 2.23. The molecule has 0 unspecified atom stereocenters. The highest BCUT2D eigenvalue weighted by Crippen LogP contribution is 2.44. The van der Waals surface area contributed by atoms with Crippen LogP contribution in [0.15, 0.2) is 57.7 Å². The van der Waals surface area contributed by atoms with Gasteiger partial charge < -0.3 is 25.1 Å². The van der Waals surface area contributed by atoms with E-state index in [4.69, 9.17) is 14.9 Å². The quantitative estimate of drug-likeness (QED) is 0.340. The van der Waals surface area contributed by atoms with Gasteiger partial charge in [0.15, 0.2) is 5.43 Å². The first-order valence-corrected chi connectivity index (χ1v) is 8.84. The van der Waals surface area contributed by atoms with Gasteiger partial charge in [0.25, 0.3) is 6.47 Å². The number of aromatic hydroxyl groups is 1. The Morgan fingerprint density at radius 3 is 2.60 bits per heavy atom. The van der Waals surface area contributed by atoms with E-state index in [1.165, 1.54) is 42.5 Å². The van der Waals surface area contributed by atoms with Gasteiger partial charge in [0.2, 0.25) is 0 Å². The van der Waals surface area contributed by atoms with E-state index in [-0.39, 0.29) is 52.4 Å². The van der Waals surface area contributed by atoms with Crippen LogP contribution in [-0.2, 0) is 11.3 Å². The molecule has 0 saturated carbocycles. The molecule has 30 heavy (non-hydrogen) atoms. The Bertz CT molecular complexity index is 1340. The number of phenols is 1. The Labute approximate surface area is 169 Å². The van der Waals surface area contributed by atoms with Gasteiger partial charge in [-0.05, 0) is 42.5 Å². The predicted molar refractivity (Wildman–Crippen MR) is 108 cm³/mol. The predicted octanol–water partition coefficient (Wildman–Crippen LogP) is 2.96. The minimum absolute atomic E-state index is 0.0457. The van der Waals surface area contributed by atoms with Crippen LogP contribution < -0.4 is 15.9 Å². The molecule has 150 valence electrons. The van der Waals surface area contributed by atoms with Gasteiger partial charge in [-0.15, -0.1) is 0 Å². The first-order chi connectivity index (χ1) is 14.4. The van der Waals surface area contributed by atoms with Crippen LogP contribution in [0, 0.1) is 0 Å². The van der Waals surface area contributed by atoms with Gasteiger partial charge in [-0.25, -0.2) is 4.79 Å². The molecular formula is C22H15NO7. The summed E-state index contributed by atoms with van der Waals surface area (Å²) in [7, 11) is 0. The maximum atomic E-state index is 11.9. The number of nitrogens with two attached hydrogens (primary N) is 1. The summed E-state index contributed by atoms with van der Waals surface area (Å²) in [6, 6.07) is 11.3. The second kappa shape index (κ2) is 7.34. The van der Waals surface area contributed by atoms with E-state index in [2.05, 4.69) is 0 Å². The normalized spacial score (nSPS) is 11.0. The number of benzene rings is 3. The van der Waals surface area contributed by atoms with Gasteiger partial charge >= 0.3 is 5.97 Å². The number of fused-ring (bicyclic) bond motifs is 2. The van der Waals surface area contributed by atoms with Crippen molar-refractivity contribution in [3.63, 3.8) is 0 Å². The van der Waals surface area contributed by atoms with E-state index in [0.29, 0.717) is 22.1 Å². The minimum Gasteiger partial charge on any atom is -0.507 e. The summed E-state index contributed by atoms with van der Waals surface area (Å²) in [5.41, 5.74) is 7.14. The fraction of sp³-hybridized carbons (Fsp3) is 0.0455. The molecule has 0 amide bonds. The number of carboxylic acids is 1. The highest BCUT2D eigenvalue weighted by Gasteiger charge is 2.24. The molecular weight excluding hydrogens is 390 g/mol. The molecule has 4 rings (SSSR count). The zero-order chi connectivity index (χ0) is 21.4. The molecule has 1 heterocycles. The monoisotopic (exact) mass is 405 g/mol. The number of carboxylic acid groups (broad SMARTS) is 1. The number of hydrogen-bond donors (Lipinski definition) is 3. The summed E-state index contributed by atoms with van der Waals surface area (Å²) in [4.78, 5) is 34.6. The lowest BCUT2D eigenvalue weighted by Crippen LogP contribution is -2.05. The fourth-order valence-corrected chi connectivity index (χ4v) is 3.51. The first kappa shape index (κ1) is 19.2. The molecule has 8 nitrogen and oxygen atoms in total. The standard InChI is InChI=1S/C22H15NO7/c23-9-17-18(26)6-5-15-20(14-3-1-11(25)7-19(14)30-21(15)17)16-8-12(29-10-24)2-4-13(16)22(27)28/h1-8,10,26H,9,23H2,(H,27,28). The molecule has 8 heteroatoms. The largest absolute Gasteiger partial charge is 0.507 e. The molecule has 0 bridgehead atoms. The van der Waals surface area contributed by atoms with Crippen LogP contribution in [0.1, 0.15) is 15.9 Å². The van der Waals surface area contributed by atoms with E-state index >= 15 is 0 Å². The number of phenolic OH excluding ortho intramolecular Hbond substituents is 1. The van der Waals surface area contributed by atoms with Crippen LogP contribution in [0.3, 0.4) is 0 Å². The smallest absolute Gasteiger partial charge is 0.336 e. The number of hydrogen-bond acceptors (Lipinski definition) is 7. The van der Waals surface area contributed by atoms with Gasteiger partial charge in [-0.3, -0.25) is 9.59 Å². The Morgan fingerprint density at radius 1 is 1.10 bits per heavy atom. The maximum Gasteiger partial charge on any atom is 0.336 e. The van der Waals surface area contributed by atoms with E-state index in [9.17, 15) is 24.6 Å². The van der Waals surface area contributed by atoms with Gasteiger partial charge in [-0.1, -0.05) is 0 Å². The third-order valence-corrected chi connectivity index (χ3v) is 4.82. The third-order valence-electron chi connectivity index (χ3n) is 4.82. The average Bonchev–Trinajstić information content (AvgIpc) is 2.72. The van der Waals surface area contributed by atoms with Gasteiger partial charge in [0.1, 0.15) is 22.8 Å². The highest BCUT2D eigenvalue weighted by molar-refractivity contribution is 6.08. The van der Waals surface area contributed by atoms with Crippen molar-refractivity contribution < 1.29 is 29.0 Å². The third kappa shape index (κ3) is 3.05. The first-order valence-electron chi connectivity index (χ1n) is 8.84. The summed E-state index contributed by atoms with van der Waals surface area (Å²) in [5.74, 6) is -0.939. The second-order valence-corrected chi connectivity index (χ2v) is 6.51. The minimum atomic E-state index is -1.19. The molecule has 0 radical (unpaired) electrons. The number of aromatic carboxylic acids is 1. The van der Waals surface area contributed by atoms with Crippen LogP contribution in [0.2, 0.25) is 0 Å². The molecule has 2 aliphatic rings. The highest BCUT2D eigenvalue weighted by atomic mass is 16.5. The number of carbonyl (C=O) groups excluding carboxylic acids is 1. The van der Waals surface area contributed by atoms with Crippen molar-refractivity contribution in [2.24, 2.45) is 5.73 Å². The van der Waals surface area contributed by atoms with Gasteiger partial charge in [0.05, 0.1) is 11.1 Å². The Kier molecular flexibility index (Phi) is 4.69. The molecule has 0 spiro atoms. The van der Waals surface area contributed by atoms with Crippen LogP contribution in [0.5, 0.6) is 11.5 Å². The van der Waals surface area contributed by atoms with Crippen molar-refractivity contribution in [1.29, 1.82) is 0 Å². The zero-order valence-corrected chi connectivity index (χ0v) is 15.4. The van der Waals surface area contributed by atoms with E-state index in [0.717, 1.165) is 0 Å². The van der Waals surface area contributed by atoms with E-state index in [1.54, 1.807) is 6.07 Å². The lowest BCUT2D eigenvalue weighted by molar-refractivity contribution is -0.120. The van der Waals surface area contributed by atoms with Crippen molar-refractivity contribution in [2.45, 2.75) is 6.54 Å². The lowest BCUT2D eigenvalue weighted by Gasteiger charge is -2.18. The van der Waals surface area contributed by atoms with Crippen LogP contribution in [0.4, 0.5) is 0 Å². The number of rotatable bonds is 5. The molecule has 2 aromatic carbocycles. The number of ether oxygens (including phenoxy) is 1. The summed E-state index contributed by atoms with van der Waals surface area (Å²) in [5, 5.41) is 20.4. The van der Waals surface area contributed by atoms with E-state index in [1.807, 2.05) is 0 Å². The lowest BCUT2D eigenvalue weighted by atomic mass is 9.89. The van der Waals surface area contributed by atoms with Crippen molar-refractivity contribution in [1.82, 2.24) is 0 Å². The second-order valence-electron chi connectivity index (χ2n) is 6.51. The summed E-state index contributed by atoms with van der Waals surface area (Å²) in [6.07, 6.45) is 0. The van der Waals surface area contributed by atoms with Crippen molar-refractivity contribution in [2.75, 3.05) is 0 Å². The van der Waals surface area contributed by atoms with Crippen molar-refractivity contribution in [3.05, 3.63) is 69.9 Å². The maximum absolute atomic E-state index is 11.9. The molecule has 0 atom stereocenters. The fourth-order valence-electron chi connectivity index (χ4n) is 3.51. The number of carbonyl (C=O) groups is 2. The zero-order valence-electron chi connectivity index (χ0n) is 15.4. The van der Waals surface area contributed by atoms with Crippen molar-refractivity contribution >= 4 is 23.4 Å². The molecule has 4 N–H and O–H groups in total. The average molecular weight is 405 g/mol. The van der Waals surface area contributed by atoms with Crippen molar-refractivity contribution in [3.8, 4) is 33.9 Å². The van der Waals surface area contributed by atoms with Crippen LogP contribution in [0.25, 0.3) is 33.4 Å². The Hall–Kier alpha value is -4.17. The molecule has 0 saturated heterocycles.